The minimum atomic E-state index is -0.557. The van der Waals surface area contributed by atoms with Crippen molar-refractivity contribution in [3.05, 3.63) is 457 Å². The molecule has 22 aromatic rings. The lowest BCUT2D eigenvalue weighted by Gasteiger charge is -2.40. The summed E-state index contributed by atoms with van der Waals surface area (Å²) in [4.78, 5) is 31.3. The molecule has 8 heteroatoms. The summed E-state index contributed by atoms with van der Waals surface area (Å²) in [6, 6.07) is 146. The van der Waals surface area contributed by atoms with E-state index in [1.54, 1.807) is 0 Å². The number of para-hydroxylation sites is 5. The minimum Gasteiger partial charge on any atom is -0.456 e. The quantitative estimate of drug-likeness (QED) is 0.146. The molecule has 0 radical (unpaired) electrons. The molecule has 0 saturated carbocycles. The molecule has 7 heterocycles. The number of hydrogen-bond donors (Lipinski definition) is 0. The Kier molecular flexibility index (Phi) is 15.4. The highest BCUT2D eigenvalue weighted by atomic mass is 16.5. The van der Waals surface area contributed by atoms with E-state index < -0.39 is 10.8 Å². The molecule has 566 valence electrons. The Hall–Kier alpha value is -16.2. The zero-order chi connectivity index (χ0) is 80.1. The number of aromatic nitrogens is 6. The first-order valence-corrected chi connectivity index (χ1v) is 41.5. The minimum absolute atomic E-state index is 0.552. The molecule has 0 saturated heterocycles. The third kappa shape index (κ3) is 10.3. The molecule has 2 aliphatic heterocycles. The maximum Gasteiger partial charge on any atom is 0.160 e. The fourth-order valence-corrected chi connectivity index (χ4v) is 20.3. The topological polar surface area (TPSA) is 95.8 Å². The van der Waals surface area contributed by atoms with Crippen molar-refractivity contribution in [3.8, 4) is 124 Å². The highest BCUT2D eigenvalue weighted by Gasteiger charge is 2.53. The van der Waals surface area contributed by atoms with Crippen molar-refractivity contribution in [3.63, 3.8) is 0 Å². The fraction of sp³-hybridized carbons (Fsp3) is 0.0175. The first-order chi connectivity index (χ1) is 60.5. The van der Waals surface area contributed by atoms with Crippen LogP contribution in [0.15, 0.2) is 413 Å². The number of benzene rings is 17. The predicted molar refractivity (Wildman–Crippen MR) is 495 cm³/mol. The van der Waals surface area contributed by atoms with Gasteiger partial charge in [0.05, 0.1) is 66.9 Å². The summed E-state index contributed by atoms with van der Waals surface area (Å²) in [7, 11) is 0. The third-order valence-corrected chi connectivity index (χ3v) is 25.6. The molecular weight excluding hydrogens is 1490 g/mol. The van der Waals surface area contributed by atoms with Gasteiger partial charge < -0.3 is 9.47 Å². The Balaban J connectivity index is 0.000000134. The zero-order valence-corrected chi connectivity index (χ0v) is 65.8. The second kappa shape index (κ2) is 27.2. The van der Waals surface area contributed by atoms with Crippen LogP contribution in [0.25, 0.3) is 177 Å². The van der Waals surface area contributed by atoms with E-state index in [0.29, 0.717) is 0 Å². The molecule has 0 atom stereocenters. The lowest BCUT2D eigenvalue weighted by Crippen LogP contribution is -2.32. The molecule has 26 rings (SSSR count). The Bertz CT molecular complexity index is 8080. The van der Waals surface area contributed by atoms with Crippen molar-refractivity contribution in [1.29, 1.82) is 0 Å². The molecule has 2 spiro atoms. The van der Waals surface area contributed by atoms with E-state index in [4.69, 9.17) is 39.4 Å². The standard InChI is InChI=1S/C58H35N3O.C56H33N3O/c1-2-15-38(16-3-1)57-60-51-27-12-7-22-44(51)54(61-57)37-31-29-36(30-32-37)39-17-14-18-40(35-39)55-45-33-34-49-56(53(45)43-21-6-11-26-50(43)59-55)62-52-28-13-10-25-48(52)58(49)46-23-8-4-19-41(46)42-20-5-9-24-47(42)58;1-2-13-34(14-3-1)47-31-27-35-25-26-36-28-32-48(58-54(36)53(35)57-47)37-15-12-16-38(33-37)52-42-29-30-46-55(51(42)41-19-6-10-23-49(41)59-52)60-50-24-11-9-22-45(50)56(46)43-20-7-4-17-39(43)40-18-5-8-21-44(40)56/h1-35H;1-33H. The molecule has 0 unspecified atom stereocenters. The normalized spacial score (nSPS) is 13.2. The van der Waals surface area contributed by atoms with Crippen LogP contribution in [0.5, 0.6) is 23.0 Å². The van der Waals surface area contributed by atoms with Crippen LogP contribution in [0.4, 0.5) is 0 Å². The van der Waals surface area contributed by atoms with Crippen molar-refractivity contribution in [2.45, 2.75) is 10.8 Å². The maximum absolute atomic E-state index is 7.17. The average Bonchev–Trinajstić information content (AvgIpc) is 1.49. The summed E-state index contributed by atoms with van der Waals surface area (Å²) in [5.74, 6) is 4.22. The van der Waals surface area contributed by atoms with E-state index in [1.807, 2.05) is 48.5 Å². The van der Waals surface area contributed by atoms with Gasteiger partial charge in [0, 0.05) is 104 Å². The molecule has 2 aliphatic carbocycles. The number of ether oxygens (including phenoxy) is 2. The van der Waals surface area contributed by atoms with Crippen LogP contribution in [-0.2, 0) is 10.8 Å². The smallest absolute Gasteiger partial charge is 0.160 e. The number of pyridine rings is 4. The van der Waals surface area contributed by atoms with Gasteiger partial charge in [-0.2, -0.15) is 0 Å². The van der Waals surface area contributed by atoms with Crippen LogP contribution >= 0.6 is 0 Å². The summed E-state index contributed by atoms with van der Waals surface area (Å²) in [5, 5.41) is 9.48. The molecular formula is C114H68N6O2. The molecule has 5 aromatic heterocycles. The van der Waals surface area contributed by atoms with Crippen LogP contribution in [-0.4, -0.2) is 29.9 Å². The molecule has 17 aromatic carbocycles. The number of rotatable bonds is 7. The summed E-state index contributed by atoms with van der Waals surface area (Å²) in [6.07, 6.45) is 0. The first-order valence-electron chi connectivity index (χ1n) is 41.5. The summed E-state index contributed by atoms with van der Waals surface area (Å²) < 4.78 is 14.3. The van der Waals surface area contributed by atoms with E-state index in [9.17, 15) is 0 Å². The average molecular weight is 1550 g/mol. The first kappa shape index (κ1) is 69.0. The molecule has 8 nitrogen and oxygen atoms in total. The molecule has 4 aliphatic rings. The second-order valence-corrected chi connectivity index (χ2v) is 32.0. The van der Waals surface area contributed by atoms with Gasteiger partial charge in [0.1, 0.15) is 23.0 Å². The van der Waals surface area contributed by atoms with E-state index in [-0.39, 0.29) is 0 Å². The molecule has 122 heavy (non-hydrogen) atoms. The van der Waals surface area contributed by atoms with Gasteiger partial charge in [0.2, 0.25) is 0 Å². The van der Waals surface area contributed by atoms with Gasteiger partial charge in [-0.05, 0) is 110 Å². The van der Waals surface area contributed by atoms with E-state index in [0.717, 1.165) is 200 Å². The number of hydrogen-bond acceptors (Lipinski definition) is 8. The predicted octanol–water partition coefficient (Wildman–Crippen LogP) is 28.4. The zero-order valence-electron chi connectivity index (χ0n) is 65.8. The molecule has 0 amide bonds. The van der Waals surface area contributed by atoms with Crippen molar-refractivity contribution in [2.24, 2.45) is 0 Å². The largest absolute Gasteiger partial charge is 0.456 e. The van der Waals surface area contributed by atoms with E-state index in [1.165, 1.54) is 44.5 Å². The Morgan fingerprint density at radius 2 is 0.557 bits per heavy atom. The SMILES string of the molecule is c1ccc(-c2ccc3ccc4ccc(-c5cccc(-c6nc7ccccc7c7c8c(ccc67)C6(c7ccccc7O8)c7ccccc7-c7ccccc76)c5)nc4c3n2)cc1.c1ccc(-c2nc(-c3ccc(-c4cccc(-c5nc6ccccc6c6c7c(ccc56)C5(c6ccccc6O7)c6ccccc6-c6ccccc65)c4)cc3)c3ccccc3n2)cc1. The highest BCUT2D eigenvalue weighted by molar-refractivity contribution is 6.17. The lowest BCUT2D eigenvalue weighted by molar-refractivity contribution is 0.442. The lowest BCUT2D eigenvalue weighted by atomic mass is 9.65. The summed E-state index contributed by atoms with van der Waals surface area (Å²) in [6.45, 7) is 0. The van der Waals surface area contributed by atoms with Gasteiger partial charge in [0.15, 0.2) is 5.82 Å². The fourth-order valence-electron chi connectivity index (χ4n) is 20.3. The Labute approximate surface area is 702 Å². The second-order valence-electron chi connectivity index (χ2n) is 32.0. The van der Waals surface area contributed by atoms with Gasteiger partial charge in [-0.1, -0.05) is 358 Å². The highest BCUT2D eigenvalue weighted by Crippen LogP contribution is 2.66. The maximum atomic E-state index is 7.17. The van der Waals surface area contributed by atoms with Crippen LogP contribution in [0.3, 0.4) is 0 Å². The van der Waals surface area contributed by atoms with Crippen molar-refractivity contribution in [1.82, 2.24) is 29.9 Å². The molecule has 0 bridgehead atoms. The van der Waals surface area contributed by atoms with Gasteiger partial charge >= 0.3 is 0 Å². The summed E-state index contributed by atoms with van der Waals surface area (Å²) >= 11 is 0. The number of nitrogens with zero attached hydrogens (tertiary/aromatic N) is 6. The monoisotopic (exact) mass is 1550 g/mol. The number of fused-ring (bicyclic) bond motifs is 30. The van der Waals surface area contributed by atoms with Gasteiger partial charge in [-0.25, -0.2) is 29.9 Å². The Morgan fingerprint density at radius 1 is 0.197 bits per heavy atom. The van der Waals surface area contributed by atoms with Gasteiger partial charge in [0.25, 0.3) is 0 Å². The van der Waals surface area contributed by atoms with Gasteiger partial charge in [-0.3, -0.25) is 0 Å². The Morgan fingerprint density at radius 3 is 1.06 bits per heavy atom. The van der Waals surface area contributed by atoms with Crippen LogP contribution < -0.4 is 9.47 Å². The molecule has 0 N–H and O–H groups in total. The van der Waals surface area contributed by atoms with Crippen LogP contribution in [0.2, 0.25) is 0 Å². The van der Waals surface area contributed by atoms with E-state index in [2.05, 4.69) is 364 Å². The van der Waals surface area contributed by atoms with E-state index >= 15 is 0 Å². The van der Waals surface area contributed by atoms with Crippen molar-refractivity contribution < 1.29 is 9.47 Å². The van der Waals surface area contributed by atoms with Crippen molar-refractivity contribution in [2.75, 3.05) is 0 Å². The van der Waals surface area contributed by atoms with Crippen molar-refractivity contribution >= 4 is 76.1 Å². The summed E-state index contributed by atoms with van der Waals surface area (Å²) in [5.41, 5.74) is 31.1. The third-order valence-electron chi connectivity index (χ3n) is 25.6. The van der Waals surface area contributed by atoms with Crippen LogP contribution in [0.1, 0.15) is 44.5 Å². The molecule has 0 fully saturated rings. The van der Waals surface area contributed by atoms with Gasteiger partial charge in [-0.15, -0.1) is 0 Å². The van der Waals surface area contributed by atoms with Crippen LogP contribution in [0, 0.1) is 0 Å².